The number of hydrogen-bond acceptors (Lipinski definition) is 5. The molecule has 378 valence electrons. The van der Waals surface area contributed by atoms with Gasteiger partial charge in [0.2, 0.25) is 5.91 Å². The average Bonchev–Trinajstić information content (AvgIpc) is 3.29. The quantitative estimate of drug-likeness (QED) is 0.0321. The van der Waals surface area contributed by atoms with Gasteiger partial charge >= 0.3 is 5.97 Å². The zero-order valence-electron chi connectivity index (χ0n) is 43.0. The maximum atomic E-state index is 12.5. The van der Waals surface area contributed by atoms with Crippen LogP contribution in [0.1, 0.15) is 309 Å². The molecule has 2 atom stereocenters. The summed E-state index contributed by atoms with van der Waals surface area (Å²) in [6.45, 7) is 4.90. The topological polar surface area (TPSA) is 95.9 Å². The smallest absolute Gasteiger partial charge is 0.305 e. The maximum Gasteiger partial charge on any atom is 0.305 e. The second kappa shape index (κ2) is 54.0. The van der Waals surface area contributed by atoms with Gasteiger partial charge in [0.25, 0.3) is 0 Å². The molecule has 0 heterocycles. The lowest BCUT2D eigenvalue weighted by Gasteiger charge is -2.22. The van der Waals surface area contributed by atoms with Gasteiger partial charge in [-0.15, -0.1) is 0 Å². The number of hydrogen-bond donors (Lipinski definition) is 3. The molecule has 1 amide bonds. The van der Waals surface area contributed by atoms with Crippen molar-refractivity contribution < 1.29 is 24.5 Å². The number of rotatable bonds is 53. The fraction of sp³-hybridized carbons (Fsp3) is 0.897. The first-order valence-electron chi connectivity index (χ1n) is 28.6. The van der Waals surface area contributed by atoms with E-state index in [0.29, 0.717) is 25.9 Å². The summed E-state index contributed by atoms with van der Waals surface area (Å²) in [7, 11) is 0. The van der Waals surface area contributed by atoms with Crippen molar-refractivity contribution in [2.24, 2.45) is 0 Å². The number of nitrogens with one attached hydrogen (secondary N) is 1. The van der Waals surface area contributed by atoms with Crippen molar-refractivity contribution in [1.82, 2.24) is 5.32 Å². The predicted molar refractivity (Wildman–Crippen MR) is 278 cm³/mol. The summed E-state index contributed by atoms with van der Waals surface area (Å²) in [5, 5.41) is 23.3. The SMILES string of the molecule is CCCCCCCCC/C=C\CCCCCCCCCC(=O)OCCCCC/C=C\CCCCCCCC(=O)NC(CO)C(O)CCCCCCCCCCCCCCCCCCC. The zero-order chi connectivity index (χ0) is 46.5. The van der Waals surface area contributed by atoms with E-state index in [1.165, 1.54) is 199 Å². The minimum Gasteiger partial charge on any atom is -0.466 e. The third-order valence-corrected chi connectivity index (χ3v) is 13.2. The van der Waals surface area contributed by atoms with Gasteiger partial charge in [0.05, 0.1) is 25.4 Å². The zero-order valence-corrected chi connectivity index (χ0v) is 43.0. The number of unbranched alkanes of at least 4 members (excludes halogenated alkanes) is 38. The Bertz CT molecular complexity index is 997. The minimum absolute atomic E-state index is 0.0252. The highest BCUT2D eigenvalue weighted by molar-refractivity contribution is 5.76. The number of aliphatic hydroxyl groups excluding tert-OH is 2. The maximum absolute atomic E-state index is 12.5. The molecule has 64 heavy (non-hydrogen) atoms. The van der Waals surface area contributed by atoms with Crippen LogP contribution in [-0.4, -0.2) is 47.4 Å². The Kier molecular flexibility index (Phi) is 52.6. The van der Waals surface area contributed by atoms with Crippen LogP contribution in [0.15, 0.2) is 24.3 Å². The number of aliphatic hydroxyl groups is 2. The van der Waals surface area contributed by atoms with Crippen LogP contribution < -0.4 is 5.32 Å². The van der Waals surface area contributed by atoms with Crippen LogP contribution in [0, 0.1) is 0 Å². The molecule has 0 radical (unpaired) electrons. The first-order valence-corrected chi connectivity index (χ1v) is 28.6. The second-order valence-electron chi connectivity index (χ2n) is 19.6. The molecular weight excluding hydrogens is 791 g/mol. The highest BCUT2D eigenvalue weighted by atomic mass is 16.5. The number of allylic oxidation sites excluding steroid dienone is 4. The van der Waals surface area contributed by atoms with Crippen LogP contribution in [0.5, 0.6) is 0 Å². The molecule has 0 fully saturated rings. The molecular formula is C58H111NO5. The standard InChI is InChI=1S/C58H111NO5/c1-3-5-7-9-11-13-15-17-19-21-23-25-27-32-36-40-44-48-52-58(63)64-53-49-45-41-37-33-29-28-31-35-39-43-47-51-57(62)59-55(54-60)56(61)50-46-42-38-34-30-26-24-22-20-18-16-14-12-10-8-6-4-2/h19,21,29,33,55-56,60-61H,3-18,20,22-28,30-32,34-54H2,1-2H3,(H,59,62)/b21-19-,33-29-. The average molecular weight is 903 g/mol. The molecule has 3 N–H and O–H groups in total. The minimum atomic E-state index is -0.681. The fourth-order valence-electron chi connectivity index (χ4n) is 8.81. The van der Waals surface area contributed by atoms with Gasteiger partial charge in [0, 0.05) is 12.8 Å². The van der Waals surface area contributed by atoms with E-state index in [1.54, 1.807) is 0 Å². The van der Waals surface area contributed by atoms with Gasteiger partial charge < -0.3 is 20.3 Å². The van der Waals surface area contributed by atoms with Crippen LogP contribution in [0.2, 0.25) is 0 Å². The highest BCUT2D eigenvalue weighted by Gasteiger charge is 2.20. The van der Waals surface area contributed by atoms with Crippen LogP contribution in [0.4, 0.5) is 0 Å². The van der Waals surface area contributed by atoms with Gasteiger partial charge in [-0.2, -0.15) is 0 Å². The number of amides is 1. The lowest BCUT2D eigenvalue weighted by molar-refractivity contribution is -0.143. The summed E-state index contributed by atoms with van der Waals surface area (Å²) in [5.74, 6) is -0.0844. The van der Waals surface area contributed by atoms with Crippen molar-refractivity contribution in [2.75, 3.05) is 13.2 Å². The van der Waals surface area contributed by atoms with Crippen LogP contribution in [0.25, 0.3) is 0 Å². The van der Waals surface area contributed by atoms with E-state index in [4.69, 9.17) is 4.74 Å². The van der Waals surface area contributed by atoms with E-state index in [2.05, 4.69) is 43.5 Å². The molecule has 0 spiro atoms. The third kappa shape index (κ3) is 49.8. The van der Waals surface area contributed by atoms with E-state index >= 15 is 0 Å². The van der Waals surface area contributed by atoms with Crippen molar-refractivity contribution in [2.45, 2.75) is 321 Å². The predicted octanol–water partition coefficient (Wildman–Crippen LogP) is 17.5. The van der Waals surface area contributed by atoms with E-state index in [-0.39, 0.29) is 18.5 Å². The van der Waals surface area contributed by atoms with Gasteiger partial charge in [-0.3, -0.25) is 9.59 Å². The van der Waals surface area contributed by atoms with E-state index in [9.17, 15) is 19.8 Å². The summed E-state index contributed by atoms with van der Waals surface area (Å²) >= 11 is 0. The monoisotopic (exact) mass is 902 g/mol. The van der Waals surface area contributed by atoms with Crippen LogP contribution in [-0.2, 0) is 14.3 Å². The molecule has 0 bridgehead atoms. The Morgan fingerprint density at radius 1 is 0.422 bits per heavy atom. The molecule has 0 aliphatic heterocycles. The summed E-state index contributed by atoms with van der Waals surface area (Å²) in [6.07, 6.45) is 64.5. The molecule has 0 aliphatic rings. The van der Waals surface area contributed by atoms with E-state index in [1.807, 2.05) is 0 Å². The molecule has 0 saturated heterocycles. The first kappa shape index (κ1) is 62.3. The van der Waals surface area contributed by atoms with Crippen molar-refractivity contribution >= 4 is 11.9 Å². The Hall–Kier alpha value is -1.66. The van der Waals surface area contributed by atoms with Crippen LogP contribution in [0.3, 0.4) is 0 Å². The van der Waals surface area contributed by atoms with Gasteiger partial charge in [-0.05, 0) is 83.5 Å². The van der Waals surface area contributed by atoms with Gasteiger partial charge in [-0.1, -0.05) is 237 Å². The number of esters is 1. The van der Waals surface area contributed by atoms with Gasteiger partial charge in [0.15, 0.2) is 0 Å². The Morgan fingerprint density at radius 3 is 1.11 bits per heavy atom. The Balaban J connectivity index is 3.49. The van der Waals surface area contributed by atoms with Crippen molar-refractivity contribution in [1.29, 1.82) is 0 Å². The van der Waals surface area contributed by atoms with E-state index in [0.717, 1.165) is 77.0 Å². The third-order valence-electron chi connectivity index (χ3n) is 13.2. The fourth-order valence-corrected chi connectivity index (χ4v) is 8.81. The van der Waals surface area contributed by atoms with Crippen molar-refractivity contribution in [3.05, 3.63) is 24.3 Å². The van der Waals surface area contributed by atoms with E-state index < -0.39 is 12.1 Å². The summed E-state index contributed by atoms with van der Waals surface area (Å²) in [5.41, 5.74) is 0. The summed E-state index contributed by atoms with van der Waals surface area (Å²) in [6, 6.07) is -0.560. The lowest BCUT2D eigenvalue weighted by Crippen LogP contribution is -2.45. The summed E-state index contributed by atoms with van der Waals surface area (Å²) in [4.78, 5) is 24.5. The lowest BCUT2D eigenvalue weighted by atomic mass is 10.0. The summed E-state index contributed by atoms with van der Waals surface area (Å²) < 4.78 is 5.46. The molecule has 0 aromatic rings. The number of ether oxygens (including phenoxy) is 1. The molecule has 6 heteroatoms. The number of carbonyl (C=O) groups excluding carboxylic acids is 2. The Morgan fingerprint density at radius 2 is 0.734 bits per heavy atom. The molecule has 0 aromatic heterocycles. The largest absolute Gasteiger partial charge is 0.466 e. The number of carbonyl (C=O) groups is 2. The molecule has 6 nitrogen and oxygen atoms in total. The van der Waals surface area contributed by atoms with Gasteiger partial charge in [-0.25, -0.2) is 0 Å². The molecule has 0 aliphatic carbocycles. The normalized spacial score (nSPS) is 12.8. The van der Waals surface area contributed by atoms with Crippen molar-refractivity contribution in [3.63, 3.8) is 0 Å². The van der Waals surface area contributed by atoms with Gasteiger partial charge in [0.1, 0.15) is 0 Å². The molecule has 0 rings (SSSR count). The van der Waals surface area contributed by atoms with Crippen LogP contribution >= 0.6 is 0 Å². The first-order chi connectivity index (χ1) is 31.5. The Labute approximate surface area is 399 Å². The highest BCUT2D eigenvalue weighted by Crippen LogP contribution is 2.17. The second-order valence-corrected chi connectivity index (χ2v) is 19.6. The molecule has 2 unspecified atom stereocenters. The molecule has 0 aromatic carbocycles. The van der Waals surface area contributed by atoms with Crippen molar-refractivity contribution in [3.8, 4) is 0 Å². The molecule has 0 saturated carbocycles.